The van der Waals surface area contributed by atoms with E-state index in [1.54, 1.807) is 6.07 Å². The second kappa shape index (κ2) is 7.94. The second-order valence-electron chi connectivity index (χ2n) is 4.66. The quantitative estimate of drug-likeness (QED) is 0.581. The normalized spacial score (nSPS) is 9.61. The van der Waals surface area contributed by atoms with E-state index >= 15 is 0 Å². The van der Waals surface area contributed by atoms with Gasteiger partial charge in [-0.25, -0.2) is 0 Å². The fourth-order valence-corrected chi connectivity index (χ4v) is 1.03. The molecule has 0 aliphatic heterocycles. The maximum absolute atomic E-state index is 9.51. The van der Waals surface area contributed by atoms with Crippen LogP contribution in [0.1, 0.15) is 0 Å². The predicted molar refractivity (Wildman–Crippen MR) is 66.8 cm³/mol. The third-order valence-corrected chi connectivity index (χ3v) is 1.97. The van der Waals surface area contributed by atoms with Gasteiger partial charge in [0.05, 0.1) is 21.1 Å². The molecule has 0 atom stereocenters. The minimum absolute atomic E-state index is 0. The number of nitrogens with zero attached hydrogens (tertiary/aromatic N) is 2. The molecule has 0 bridgehead atoms. The van der Waals surface area contributed by atoms with Gasteiger partial charge in [0.25, 0.3) is 0 Å². The van der Waals surface area contributed by atoms with Crippen molar-refractivity contribution in [3.05, 3.63) is 24.3 Å². The summed E-state index contributed by atoms with van der Waals surface area (Å²) in [5.41, 5.74) is 0.938. The van der Waals surface area contributed by atoms with Crippen LogP contribution in [-0.4, -0.2) is 51.3 Å². The molecule has 0 unspecified atom stereocenters. The average molecular weight is 320 g/mol. The third-order valence-electron chi connectivity index (χ3n) is 1.97. The number of quaternary nitrogens is 1. The van der Waals surface area contributed by atoms with Gasteiger partial charge in [-0.2, -0.15) is 0 Å². The van der Waals surface area contributed by atoms with Gasteiger partial charge in [0.2, 0.25) is 0 Å². The number of carbonyl (C=O) groups is 1. The fourth-order valence-electron chi connectivity index (χ4n) is 1.03. The molecule has 0 aliphatic carbocycles. The molecule has 0 saturated carbocycles. The summed E-state index contributed by atoms with van der Waals surface area (Å²) in [7, 11) is 8.89. The summed E-state index contributed by atoms with van der Waals surface area (Å²) in [5, 5.41) is 18.9. The van der Waals surface area contributed by atoms with Crippen LogP contribution in [-0.2, 0) is 0 Å². The molecular weight excluding hydrogens is 300 g/mol. The average Bonchev–Trinajstić information content (AvgIpc) is 2.17. The molecule has 18 heavy (non-hydrogen) atoms. The van der Waals surface area contributed by atoms with Crippen molar-refractivity contribution in [3.8, 4) is 5.75 Å². The Balaban J connectivity index is 0. The Hall–Kier alpha value is -1.27. The Bertz CT molecular complexity index is 376. The van der Waals surface area contributed by atoms with Crippen molar-refractivity contribution in [1.82, 2.24) is 9.38 Å². The van der Waals surface area contributed by atoms with E-state index < -0.39 is 6.09 Å². The standard InChI is InChI=1S/C9H13NO.C3H7NO2.BrH/c1-10(2,3)8-6-4-5-7-9(8)11;1-4(2)3(5)6;/h4-7H,1-3H3;1-2H3,(H,5,6);1H/p-1. The lowest BCUT2D eigenvalue weighted by atomic mass is 10.2. The number of phenols is 1. The topological polar surface area (TPSA) is 63.6 Å². The number of rotatable bonds is 1. The van der Waals surface area contributed by atoms with E-state index in [9.17, 15) is 15.0 Å². The number of amides is 1. The number of benzene rings is 1. The summed E-state index contributed by atoms with van der Waals surface area (Å²) >= 11 is 0. The highest BCUT2D eigenvalue weighted by Crippen LogP contribution is 2.27. The molecule has 0 aliphatic rings. The lowest BCUT2D eigenvalue weighted by Gasteiger charge is -2.23. The summed E-state index contributed by atoms with van der Waals surface area (Å²) in [6, 6.07) is 7.39. The number of aromatic hydroxyl groups is 1. The summed E-state index contributed by atoms with van der Waals surface area (Å²) in [6.45, 7) is 0. The number of para-hydroxylation sites is 2. The summed E-state index contributed by atoms with van der Waals surface area (Å²) < 4.78 is 0.646. The summed E-state index contributed by atoms with van der Waals surface area (Å²) in [6.07, 6.45) is -1.16. The van der Waals surface area contributed by atoms with Crippen molar-refractivity contribution in [2.24, 2.45) is 0 Å². The highest BCUT2D eigenvalue weighted by Gasteiger charge is 2.15. The SMILES string of the molecule is CN(C)C(=O)[O-].C[N+](C)(C)c1ccccc1O.[Br-]. The van der Waals surface area contributed by atoms with Crippen molar-refractivity contribution >= 4 is 11.8 Å². The van der Waals surface area contributed by atoms with Crippen molar-refractivity contribution in [1.29, 1.82) is 0 Å². The van der Waals surface area contributed by atoms with Crippen LogP contribution in [0.15, 0.2) is 24.3 Å². The van der Waals surface area contributed by atoms with Crippen LogP contribution >= 0.6 is 0 Å². The smallest absolute Gasteiger partial charge is 0.177 e. The van der Waals surface area contributed by atoms with Gasteiger partial charge in [-0.3, -0.25) is 4.48 Å². The number of phenolic OH excluding ortho intramolecular Hbond substituents is 1. The number of carbonyl (C=O) groups excluding carboxylic acids is 1. The van der Waals surface area contributed by atoms with Crippen molar-refractivity contribution < 1.29 is 32.0 Å². The third kappa shape index (κ3) is 7.13. The van der Waals surface area contributed by atoms with Gasteiger partial charge in [-0.15, -0.1) is 0 Å². The first-order chi connectivity index (χ1) is 7.66. The molecule has 0 spiro atoms. The maximum Gasteiger partial charge on any atom is 0.177 e. The Kier molecular flexibility index (Phi) is 8.42. The maximum atomic E-state index is 9.51. The lowest BCUT2D eigenvalue weighted by Crippen LogP contribution is -3.00. The van der Waals surface area contributed by atoms with Gasteiger partial charge in [0, 0.05) is 20.2 Å². The van der Waals surface area contributed by atoms with Crippen LogP contribution in [0, 0.1) is 0 Å². The zero-order valence-corrected chi connectivity index (χ0v) is 12.9. The second-order valence-corrected chi connectivity index (χ2v) is 4.66. The largest absolute Gasteiger partial charge is 1.00 e. The van der Waals surface area contributed by atoms with E-state index in [-0.39, 0.29) is 17.0 Å². The van der Waals surface area contributed by atoms with E-state index in [4.69, 9.17) is 0 Å². The van der Waals surface area contributed by atoms with E-state index in [0.29, 0.717) is 10.2 Å². The molecule has 1 N–H and O–H groups in total. The minimum atomic E-state index is -1.16. The highest BCUT2D eigenvalue weighted by molar-refractivity contribution is 5.61. The molecule has 1 aromatic rings. The zero-order valence-electron chi connectivity index (χ0n) is 11.3. The van der Waals surface area contributed by atoms with Gasteiger partial charge in [0.15, 0.2) is 11.4 Å². The Morgan fingerprint density at radius 3 is 1.83 bits per heavy atom. The molecular formula is C12H20BrN2O3-. The number of carboxylic acid groups (broad SMARTS) is 1. The predicted octanol–water partition coefficient (Wildman–Crippen LogP) is -2.52. The molecule has 104 valence electrons. The van der Waals surface area contributed by atoms with Crippen molar-refractivity contribution in [2.45, 2.75) is 0 Å². The first-order valence-electron chi connectivity index (χ1n) is 5.14. The number of hydrogen-bond donors (Lipinski definition) is 1. The molecule has 0 heterocycles. The zero-order chi connectivity index (χ0) is 13.6. The van der Waals surface area contributed by atoms with Crippen LogP contribution in [0.25, 0.3) is 0 Å². The molecule has 1 rings (SSSR count). The monoisotopic (exact) mass is 319 g/mol. The van der Waals surface area contributed by atoms with E-state index in [0.717, 1.165) is 10.6 Å². The molecule has 0 saturated heterocycles. The lowest BCUT2D eigenvalue weighted by molar-refractivity contribution is -0.262. The molecule has 6 heteroatoms. The molecule has 1 aromatic carbocycles. The van der Waals surface area contributed by atoms with E-state index in [2.05, 4.69) is 0 Å². The van der Waals surface area contributed by atoms with Gasteiger partial charge in [0.1, 0.15) is 6.09 Å². The number of halogens is 1. The van der Waals surface area contributed by atoms with E-state index in [1.165, 1.54) is 14.1 Å². The minimum Gasteiger partial charge on any atom is -1.00 e. The van der Waals surface area contributed by atoms with Crippen LogP contribution in [0.2, 0.25) is 0 Å². The first-order valence-corrected chi connectivity index (χ1v) is 5.14. The number of hydrogen-bond acceptors (Lipinski definition) is 3. The molecule has 0 aromatic heterocycles. The van der Waals surface area contributed by atoms with Crippen LogP contribution in [0.3, 0.4) is 0 Å². The molecule has 0 radical (unpaired) electrons. The Labute approximate surface area is 119 Å². The molecule has 5 nitrogen and oxygen atoms in total. The van der Waals surface area contributed by atoms with Crippen molar-refractivity contribution in [2.75, 3.05) is 35.2 Å². The van der Waals surface area contributed by atoms with Gasteiger partial charge in [-0.05, 0) is 6.07 Å². The van der Waals surface area contributed by atoms with E-state index in [1.807, 2.05) is 39.3 Å². The van der Waals surface area contributed by atoms with Crippen LogP contribution < -0.4 is 26.6 Å². The van der Waals surface area contributed by atoms with Crippen LogP contribution in [0.4, 0.5) is 10.5 Å². The van der Waals surface area contributed by atoms with Crippen molar-refractivity contribution in [3.63, 3.8) is 0 Å². The Morgan fingerprint density at radius 2 is 1.61 bits per heavy atom. The molecule has 0 fully saturated rings. The van der Waals surface area contributed by atoms with Gasteiger partial charge in [-0.1, -0.05) is 12.1 Å². The summed E-state index contributed by atoms with van der Waals surface area (Å²) in [4.78, 5) is 10.5. The highest BCUT2D eigenvalue weighted by atomic mass is 79.9. The molecule has 1 amide bonds. The Morgan fingerprint density at radius 1 is 1.22 bits per heavy atom. The first kappa shape index (κ1) is 19.1. The summed E-state index contributed by atoms with van der Waals surface area (Å²) in [5.74, 6) is 0.361. The fraction of sp³-hybridized carbons (Fsp3) is 0.417. The van der Waals surface area contributed by atoms with Gasteiger partial charge >= 0.3 is 0 Å². The van der Waals surface area contributed by atoms with Gasteiger partial charge < -0.3 is 36.9 Å². The van der Waals surface area contributed by atoms with Crippen LogP contribution in [0.5, 0.6) is 5.75 Å².